The van der Waals surface area contributed by atoms with Gasteiger partial charge in [-0.05, 0) is 19.1 Å². The third kappa shape index (κ3) is 1.82. The van der Waals surface area contributed by atoms with Gasteiger partial charge in [0.25, 0.3) is 0 Å². The topological polar surface area (TPSA) is 63.7 Å². The number of nitrogens with one attached hydrogen (secondary N) is 1. The number of hydrogen-bond donors (Lipinski definition) is 1. The zero-order chi connectivity index (χ0) is 9.97. The van der Waals surface area contributed by atoms with E-state index in [9.17, 15) is 0 Å². The van der Waals surface area contributed by atoms with E-state index < -0.39 is 0 Å². The molecular weight excluding hydrogens is 202 g/mol. The highest BCUT2D eigenvalue weighted by molar-refractivity contribution is 6.29. The highest BCUT2D eigenvalue weighted by Crippen LogP contribution is 2.15. The van der Waals surface area contributed by atoms with Crippen LogP contribution in [0.4, 0.5) is 5.69 Å². The van der Waals surface area contributed by atoms with Gasteiger partial charge in [-0.3, -0.25) is 0 Å². The van der Waals surface area contributed by atoms with E-state index in [0.717, 1.165) is 11.4 Å². The molecule has 71 valence electrons. The summed E-state index contributed by atoms with van der Waals surface area (Å²) in [5, 5.41) is 14.7. The van der Waals surface area contributed by atoms with Gasteiger partial charge < -0.3 is 5.32 Å². The summed E-state index contributed by atoms with van der Waals surface area (Å²) in [6.07, 6.45) is 1.38. The fraction of sp³-hybridized carbons (Fsp3) is 0.125. The lowest BCUT2D eigenvalue weighted by Gasteiger charge is -2.06. The zero-order valence-corrected chi connectivity index (χ0v) is 8.15. The number of halogens is 1. The van der Waals surface area contributed by atoms with Crippen LogP contribution in [0.15, 0.2) is 22.3 Å². The molecule has 0 saturated heterocycles. The molecular formula is C8H7ClN5. The van der Waals surface area contributed by atoms with Gasteiger partial charge in [0, 0.05) is 0 Å². The predicted octanol–water partition coefficient (Wildman–Crippen LogP) is 1.37. The van der Waals surface area contributed by atoms with Crippen LogP contribution < -0.4 is 10.6 Å². The normalized spacial score (nSPS) is 13.7. The van der Waals surface area contributed by atoms with Crippen molar-refractivity contribution >= 4 is 29.6 Å². The fourth-order valence-electron chi connectivity index (χ4n) is 1.03. The lowest BCUT2D eigenvalue weighted by atomic mass is 10.3. The van der Waals surface area contributed by atoms with Crippen molar-refractivity contribution in [3.05, 3.63) is 23.0 Å². The number of hydrogen-bond acceptors (Lipinski definition) is 4. The average Bonchev–Trinajstić information content (AvgIpc) is 2.62. The molecule has 0 amide bonds. The van der Waals surface area contributed by atoms with Gasteiger partial charge in [-0.1, -0.05) is 11.6 Å². The monoisotopic (exact) mass is 208 g/mol. The van der Waals surface area contributed by atoms with Gasteiger partial charge in [0.2, 0.25) is 5.96 Å². The summed E-state index contributed by atoms with van der Waals surface area (Å²) in [6, 6.07) is 3.52. The maximum absolute atomic E-state index is 5.72. The van der Waals surface area contributed by atoms with Crippen LogP contribution >= 0.6 is 11.6 Å². The van der Waals surface area contributed by atoms with E-state index >= 15 is 0 Å². The molecule has 1 radical (unpaired) electrons. The van der Waals surface area contributed by atoms with Gasteiger partial charge >= 0.3 is 0 Å². The molecule has 0 aliphatic carbocycles. The predicted molar refractivity (Wildman–Crippen MR) is 55.7 cm³/mol. The number of pyridine rings is 1. The first-order valence-electron chi connectivity index (χ1n) is 3.96. The van der Waals surface area contributed by atoms with Crippen LogP contribution in [-0.4, -0.2) is 17.3 Å². The van der Waals surface area contributed by atoms with Crippen molar-refractivity contribution in [2.75, 3.05) is 5.32 Å². The van der Waals surface area contributed by atoms with Crippen LogP contribution in [0.25, 0.3) is 0 Å². The Balaban J connectivity index is 2.17. The molecule has 0 bridgehead atoms. The highest BCUT2D eigenvalue weighted by Gasteiger charge is 2.06. The first-order valence-corrected chi connectivity index (χ1v) is 4.34. The maximum Gasteiger partial charge on any atom is 0.248 e. The lowest BCUT2D eigenvalue weighted by molar-refractivity contribution is 1.19. The standard InChI is InChI=1S/C8H7ClN5/c1-5-6(2-3-7(9)12-5)13-8-10-4-11-14-8/h2-4H,1H3,(H,13,14). The Morgan fingerprint density at radius 2 is 2.21 bits per heavy atom. The molecule has 0 spiro atoms. The van der Waals surface area contributed by atoms with Gasteiger partial charge in [0.1, 0.15) is 11.5 Å². The summed E-state index contributed by atoms with van der Waals surface area (Å²) >= 11 is 5.72. The molecule has 0 aromatic carbocycles. The Labute approximate surface area is 85.9 Å². The zero-order valence-electron chi connectivity index (χ0n) is 7.40. The average molecular weight is 209 g/mol. The molecule has 2 heterocycles. The second-order valence-electron chi connectivity index (χ2n) is 2.68. The first kappa shape index (κ1) is 8.96. The molecule has 14 heavy (non-hydrogen) atoms. The van der Waals surface area contributed by atoms with Crippen LogP contribution in [0, 0.1) is 6.92 Å². The second-order valence-corrected chi connectivity index (χ2v) is 3.06. The Morgan fingerprint density at radius 3 is 2.86 bits per heavy atom. The maximum atomic E-state index is 5.72. The molecule has 0 fully saturated rings. The van der Waals surface area contributed by atoms with Crippen LogP contribution in [0.2, 0.25) is 5.15 Å². The molecule has 1 aliphatic rings. The minimum atomic E-state index is 0.456. The summed E-state index contributed by atoms with van der Waals surface area (Å²) in [5.41, 5.74) is 1.62. The van der Waals surface area contributed by atoms with Crippen LogP contribution in [0.5, 0.6) is 0 Å². The van der Waals surface area contributed by atoms with Crippen molar-refractivity contribution in [1.82, 2.24) is 10.3 Å². The van der Waals surface area contributed by atoms with E-state index in [0.29, 0.717) is 11.1 Å². The van der Waals surface area contributed by atoms with Crippen molar-refractivity contribution in [3.8, 4) is 0 Å². The number of guanidine groups is 1. The van der Waals surface area contributed by atoms with Crippen molar-refractivity contribution in [1.29, 1.82) is 0 Å². The van der Waals surface area contributed by atoms with E-state index in [1.807, 2.05) is 13.0 Å². The Bertz CT molecular complexity index is 412. The summed E-state index contributed by atoms with van der Waals surface area (Å²) < 4.78 is 0. The van der Waals surface area contributed by atoms with Gasteiger partial charge in [-0.25, -0.2) is 4.98 Å². The largest absolute Gasteiger partial charge is 0.321 e. The molecule has 1 aromatic rings. The first-order chi connectivity index (χ1) is 6.75. The molecule has 0 saturated carbocycles. The van der Waals surface area contributed by atoms with Crippen LogP contribution in [-0.2, 0) is 0 Å². The summed E-state index contributed by atoms with van der Waals surface area (Å²) in [5.74, 6) is 0.456. The number of nitrogens with zero attached hydrogens (tertiary/aromatic N) is 4. The summed E-state index contributed by atoms with van der Waals surface area (Å²) in [4.78, 5) is 4.08. The van der Waals surface area contributed by atoms with Crippen LogP contribution in [0.3, 0.4) is 0 Å². The Morgan fingerprint density at radius 1 is 1.36 bits per heavy atom. The molecule has 0 unspecified atom stereocenters. The minimum absolute atomic E-state index is 0.456. The van der Waals surface area contributed by atoms with Gasteiger partial charge in [0.05, 0.1) is 11.4 Å². The Kier molecular flexibility index (Phi) is 2.32. The molecule has 0 atom stereocenters. The van der Waals surface area contributed by atoms with Crippen molar-refractivity contribution < 1.29 is 0 Å². The van der Waals surface area contributed by atoms with Gasteiger partial charge in [0.15, 0.2) is 0 Å². The molecule has 2 rings (SSSR count). The summed E-state index contributed by atoms with van der Waals surface area (Å²) in [7, 11) is 0. The molecule has 6 heteroatoms. The molecule has 1 N–H and O–H groups in total. The third-order valence-corrected chi connectivity index (χ3v) is 1.89. The van der Waals surface area contributed by atoms with E-state index in [1.54, 1.807) is 6.07 Å². The number of rotatable bonds is 1. The number of anilines is 1. The molecule has 1 aliphatic heterocycles. The quantitative estimate of drug-likeness (QED) is 0.709. The second kappa shape index (κ2) is 3.63. The number of aryl methyl sites for hydroxylation is 1. The van der Waals surface area contributed by atoms with Crippen molar-refractivity contribution in [2.24, 2.45) is 10.2 Å². The minimum Gasteiger partial charge on any atom is -0.321 e. The van der Waals surface area contributed by atoms with Crippen molar-refractivity contribution in [2.45, 2.75) is 6.92 Å². The Hall–Kier alpha value is -1.62. The van der Waals surface area contributed by atoms with Gasteiger partial charge in [-0.15, -0.1) is 10.2 Å². The third-order valence-electron chi connectivity index (χ3n) is 1.68. The van der Waals surface area contributed by atoms with Crippen LogP contribution in [0.1, 0.15) is 5.69 Å². The summed E-state index contributed by atoms with van der Waals surface area (Å²) in [6.45, 7) is 1.85. The van der Waals surface area contributed by atoms with E-state index in [4.69, 9.17) is 11.6 Å². The number of aromatic nitrogens is 1. The fourth-order valence-corrected chi connectivity index (χ4v) is 1.22. The molecule has 1 aromatic heterocycles. The van der Waals surface area contributed by atoms with E-state index in [2.05, 4.69) is 25.8 Å². The smallest absolute Gasteiger partial charge is 0.248 e. The highest BCUT2D eigenvalue weighted by atomic mass is 35.5. The van der Waals surface area contributed by atoms with E-state index in [1.165, 1.54) is 6.34 Å². The van der Waals surface area contributed by atoms with Gasteiger partial charge in [-0.2, -0.15) is 5.32 Å². The SMILES string of the molecule is Cc1nc(Cl)ccc1NC1=NN=C[N]1. The lowest BCUT2D eigenvalue weighted by Crippen LogP contribution is -2.20. The van der Waals surface area contributed by atoms with Crippen molar-refractivity contribution in [3.63, 3.8) is 0 Å². The van der Waals surface area contributed by atoms with E-state index in [-0.39, 0.29) is 0 Å². The molecule has 5 nitrogen and oxygen atoms in total.